The molecule has 1 unspecified atom stereocenters. The second kappa shape index (κ2) is 6.50. The van der Waals surface area contributed by atoms with Crippen LogP contribution in [0.4, 0.5) is 0 Å². The predicted octanol–water partition coefficient (Wildman–Crippen LogP) is 0.155. The number of carbonyl (C=O) groups is 1. The van der Waals surface area contributed by atoms with Gasteiger partial charge in [-0.1, -0.05) is 0 Å². The predicted molar refractivity (Wildman–Crippen MR) is 68.3 cm³/mol. The monoisotopic (exact) mass is 256 g/mol. The normalized spacial score (nSPS) is 27.4. The van der Waals surface area contributed by atoms with Crippen molar-refractivity contribution < 1.29 is 14.3 Å². The maximum atomic E-state index is 12.2. The van der Waals surface area contributed by atoms with E-state index in [1.54, 1.807) is 7.11 Å². The smallest absolute Gasteiger partial charge is 0.229 e. The summed E-state index contributed by atoms with van der Waals surface area (Å²) in [4.78, 5) is 12.2. The molecular formula is C13H24N2O3. The number of hydrogen-bond acceptors (Lipinski definition) is 4. The Bertz CT molecular complexity index is 273. The van der Waals surface area contributed by atoms with Gasteiger partial charge in [-0.25, -0.2) is 0 Å². The maximum Gasteiger partial charge on any atom is 0.229 e. The van der Waals surface area contributed by atoms with Gasteiger partial charge in [0.05, 0.1) is 18.6 Å². The summed E-state index contributed by atoms with van der Waals surface area (Å²) in [5.41, 5.74) is -0.384. The SMILES string of the molecule is COCC1(C(=O)NCCOCC2CC2)CCNC1. The van der Waals surface area contributed by atoms with Gasteiger partial charge in [0.15, 0.2) is 0 Å². The molecule has 0 spiro atoms. The van der Waals surface area contributed by atoms with Gasteiger partial charge in [-0.2, -0.15) is 0 Å². The van der Waals surface area contributed by atoms with Crippen LogP contribution in [0.25, 0.3) is 0 Å². The first-order valence-electron chi connectivity index (χ1n) is 6.82. The van der Waals surface area contributed by atoms with Crippen molar-refractivity contribution in [3.63, 3.8) is 0 Å². The second-order valence-electron chi connectivity index (χ2n) is 5.41. The standard InChI is InChI=1S/C13H24N2O3/c1-17-10-13(4-5-14-9-13)12(16)15-6-7-18-8-11-2-3-11/h11,14H,2-10H2,1H3,(H,15,16). The van der Waals surface area contributed by atoms with Crippen molar-refractivity contribution in [3.05, 3.63) is 0 Å². The second-order valence-corrected chi connectivity index (χ2v) is 5.41. The van der Waals surface area contributed by atoms with Crippen molar-refractivity contribution >= 4 is 5.91 Å². The fraction of sp³-hybridized carbons (Fsp3) is 0.923. The lowest BCUT2D eigenvalue weighted by atomic mass is 9.87. The molecule has 104 valence electrons. The van der Waals surface area contributed by atoms with E-state index in [1.165, 1.54) is 12.8 Å². The van der Waals surface area contributed by atoms with E-state index in [0.717, 1.165) is 25.5 Å². The van der Waals surface area contributed by atoms with E-state index < -0.39 is 0 Å². The Hall–Kier alpha value is -0.650. The number of hydrogen-bond donors (Lipinski definition) is 2. The first kappa shape index (κ1) is 13.8. The van der Waals surface area contributed by atoms with Crippen LogP contribution >= 0.6 is 0 Å². The van der Waals surface area contributed by atoms with Gasteiger partial charge in [-0.05, 0) is 31.7 Å². The third kappa shape index (κ3) is 3.67. The largest absolute Gasteiger partial charge is 0.384 e. The van der Waals surface area contributed by atoms with E-state index in [0.29, 0.717) is 26.3 Å². The molecule has 1 saturated carbocycles. The van der Waals surface area contributed by atoms with Crippen LogP contribution in [-0.2, 0) is 14.3 Å². The fourth-order valence-electron chi connectivity index (χ4n) is 2.36. The molecule has 1 aliphatic heterocycles. The fourth-order valence-corrected chi connectivity index (χ4v) is 2.36. The Labute approximate surface area is 109 Å². The van der Waals surface area contributed by atoms with Crippen molar-refractivity contribution in [2.24, 2.45) is 11.3 Å². The lowest BCUT2D eigenvalue weighted by Crippen LogP contribution is -2.46. The summed E-state index contributed by atoms with van der Waals surface area (Å²) in [6.07, 6.45) is 3.44. The zero-order valence-electron chi connectivity index (χ0n) is 11.2. The van der Waals surface area contributed by atoms with Crippen LogP contribution < -0.4 is 10.6 Å². The summed E-state index contributed by atoms with van der Waals surface area (Å²) in [5, 5.41) is 6.19. The Morgan fingerprint density at radius 1 is 1.50 bits per heavy atom. The highest BCUT2D eigenvalue weighted by Crippen LogP contribution is 2.28. The maximum absolute atomic E-state index is 12.2. The van der Waals surface area contributed by atoms with E-state index in [2.05, 4.69) is 10.6 Å². The number of methoxy groups -OCH3 is 1. The number of amides is 1. The molecule has 0 aromatic carbocycles. The van der Waals surface area contributed by atoms with E-state index in [-0.39, 0.29) is 11.3 Å². The summed E-state index contributed by atoms with van der Waals surface area (Å²) in [6.45, 7) is 4.12. The highest BCUT2D eigenvalue weighted by atomic mass is 16.5. The molecule has 5 nitrogen and oxygen atoms in total. The molecule has 1 saturated heterocycles. The van der Waals surface area contributed by atoms with Gasteiger partial charge in [0.1, 0.15) is 0 Å². The molecule has 5 heteroatoms. The first-order valence-corrected chi connectivity index (χ1v) is 6.82. The molecule has 2 fully saturated rings. The third-order valence-corrected chi connectivity index (χ3v) is 3.73. The molecule has 1 aliphatic carbocycles. The molecule has 0 aromatic rings. The number of ether oxygens (including phenoxy) is 2. The van der Waals surface area contributed by atoms with Gasteiger partial charge in [0, 0.05) is 26.8 Å². The lowest BCUT2D eigenvalue weighted by Gasteiger charge is -2.25. The lowest BCUT2D eigenvalue weighted by molar-refractivity contribution is -0.133. The van der Waals surface area contributed by atoms with Crippen molar-refractivity contribution in [1.29, 1.82) is 0 Å². The first-order chi connectivity index (χ1) is 8.77. The minimum Gasteiger partial charge on any atom is -0.384 e. The molecule has 0 aromatic heterocycles. The molecule has 2 N–H and O–H groups in total. The van der Waals surface area contributed by atoms with E-state index in [9.17, 15) is 4.79 Å². The summed E-state index contributed by atoms with van der Waals surface area (Å²) >= 11 is 0. The van der Waals surface area contributed by atoms with Crippen LogP contribution in [0.2, 0.25) is 0 Å². The third-order valence-electron chi connectivity index (χ3n) is 3.73. The van der Waals surface area contributed by atoms with Gasteiger partial charge in [-0.3, -0.25) is 4.79 Å². The molecule has 18 heavy (non-hydrogen) atoms. The van der Waals surface area contributed by atoms with E-state index >= 15 is 0 Å². The summed E-state index contributed by atoms with van der Waals surface area (Å²) in [7, 11) is 1.64. The average Bonchev–Trinajstić information content (AvgIpc) is 3.07. The van der Waals surface area contributed by atoms with Crippen LogP contribution in [0, 0.1) is 11.3 Å². The topological polar surface area (TPSA) is 59.6 Å². The molecular weight excluding hydrogens is 232 g/mol. The molecule has 1 atom stereocenters. The summed E-state index contributed by atoms with van der Waals surface area (Å²) in [5.74, 6) is 0.865. The highest BCUT2D eigenvalue weighted by Gasteiger charge is 2.41. The van der Waals surface area contributed by atoms with E-state index in [1.807, 2.05) is 0 Å². The molecule has 2 aliphatic rings. The highest BCUT2D eigenvalue weighted by molar-refractivity contribution is 5.83. The zero-order valence-corrected chi connectivity index (χ0v) is 11.2. The van der Waals surface area contributed by atoms with Crippen LogP contribution in [-0.4, -0.2) is 52.5 Å². The van der Waals surface area contributed by atoms with Crippen LogP contribution in [0.1, 0.15) is 19.3 Å². The Balaban J connectivity index is 1.64. The Morgan fingerprint density at radius 2 is 2.33 bits per heavy atom. The number of nitrogens with one attached hydrogen (secondary N) is 2. The van der Waals surface area contributed by atoms with Crippen LogP contribution in [0.15, 0.2) is 0 Å². The van der Waals surface area contributed by atoms with Gasteiger partial charge in [0.2, 0.25) is 5.91 Å². The average molecular weight is 256 g/mol. The van der Waals surface area contributed by atoms with Gasteiger partial charge in [0.25, 0.3) is 0 Å². The van der Waals surface area contributed by atoms with Crippen LogP contribution in [0.5, 0.6) is 0 Å². The summed E-state index contributed by atoms with van der Waals surface area (Å²) in [6, 6.07) is 0. The molecule has 0 bridgehead atoms. The Kier molecular flexibility index (Phi) is 4.97. The zero-order chi connectivity index (χ0) is 12.8. The van der Waals surface area contributed by atoms with Crippen molar-refractivity contribution in [2.75, 3.05) is 46.6 Å². The van der Waals surface area contributed by atoms with Gasteiger partial charge in [-0.15, -0.1) is 0 Å². The van der Waals surface area contributed by atoms with E-state index in [4.69, 9.17) is 9.47 Å². The summed E-state index contributed by atoms with van der Waals surface area (Å²) < 4.78 is 10.7. The molecule has 2 rings (SSSR count). The van der Waals surface area contributed by atoms with Gasteiger partial charge >= 0.3 is 0 Å². The molecule has 1 amide bonds. The Morgan fingerprint density at radius 3 is 2.94 bits per heavy atom. The van der Waals surface area contributed by atoms with Crippen molar-refractivity contribution in [2.45, 2.75) is 19.3 Å². The molecule has 0 radical (unpaired) electrons. The van der Waals surface area contributed by atoms with Crippen LogP contribution in [0.3, 0.4) is 0 Å². The van der Waals surface area contributed by atoms with Crippen molar-refractivity contribution in [3.8, 4) is 0 Å². The number of carbonyl (C=O) groups excluding carboxylic acids is 1. The quantitative estimate of drug-likeness (QED) is 0.607. The minimum absolute atomic E-state index is 0.0874. The molecule has 1 heterocycles. The number of rotatable bonds is 8. The van der Waals surface area contributed by atoms with Gasteiger partial charge < -0.3 is 20.1 Å². The van der Waals surface area contributed by atoms with Crippen molar-refractivity contribution in [1.82, 2.24) is 10.6 Å². The minimum atomic E-state index is -0.384.